The summed E-state index contributed by atoms with van der Waals surface area (Å²) in [5.41, 5.74) is -0.528. The minimum Gasteiger partial charge on any atom is -0.444 e. The van der Waals surface area contributed by atoms with Gasteiger partial charge in [-0.15, -0.1) is 0 Å². The predicted molar refractivity (Wildman–Crippen MR) is 84.5 cm³/mol. The van der Waals surface area contributed by atoms with Crippen LogP contribution >= 0.6 is 0 Å². The fourth-order valence-corrected chi connectivity index (χ4v) is 2.61. The molecule has 0 saturated carbocycles. The molecule has 1 fully saturated rings. The number of carbonyl (C=O) groups is 1. The van der Waals surface area contributed by atoms with E-state index in [1.54, 1.807) is 11.6 Å². The monoisotopic (exact) mass is 325 g/mol. The highest BCUT2D eigenvalue weighted by atomic mass is 16.6. The molecule has 0 bridgehead atoms. The van der Waals surface area contributed by atoms with Crippen LogP contribution in [0.3, 0.4) is 0 Å². The van der Waals surface area contributed by atoms with E-state index in [1.807, 2.05) is 25.7 Å². The molecule has 0 radical (unpaired) electrons. The van der Waals surface area contributed by atoms with Gasteiger partial charge in [0.1, 0.15) is 5.60 Å². The first kappa shape index (κ1) is 17.0. The molecule has 0 aliphatic carbocycles. The number of ether oxygens (including phenoxy) is 1. The normalized spacial score (nSPS) is 16.3. The first-order valence-corrected chi connectivity index (χ1v) is 7.57. The zero-order chi connectivity index (χ0) is 17.2. The van der Waals surface area contributed by atoms with Gasteiger partial charge in [-0.25, -0.2) is 4.79 Å². The second-order valence-corrected chi connectivity index (χ2v) is 6.67. The van der Waals surface area contributed by atoms with Crippen molar-refractivity contribution in [2.24, 2.45) is 7.05 Å². The molecular weight excluding hydrogens is 302 g/mol. The highest BCUT2D eigenvalue weighted by molar-refractivity contribution is 5.68. The summed E-state index contributed by atoms with van der Waals surface area (Å²) in [4.78, 5) is 28.1. The number of nitro groups is 1. The van der Waals surface area contributed by atoms with Crippen molar-refractivity contribution in [1.29, 1.82) is 0 Å². The predicted octanol–water partition coefficient (Wildman–Crippen LogP) is 1.82. The van der Waals surface area contributed by atoms with Gasteiger partial charge in [0.05, 0.1) is 0 Å². The van der Waals surface area contributed by atoms with Gasteiger partial charge in [-0.3, -0.25) is 4.57 Å². The van der Waals surface area contributed by atoms with Gasteiger partial charge in [0.25, 0.3) is 0 Å². The molecule has 9 heteroatoms. The van der Waals surface area contributed by atoms with Crippen LogP contribution in [0.5, 0.6) is 0 Å². The highest BCUT2D eigenvalue weighted by Crippen LogP contribution is 2.28. The minimum absolute atomic E-state index is 0.00776. The standard InChI is InChI=1S/C14H23N5O4/c1-14(2,3)23-13(20)16-10-5-7-18(8-6-10)12-11(19(21)22)15-9-17(12)4/h9-10H,5-8H2,1-4H3,(H,16,20). The second-order valence-electron chi connectivity index (χ2n) is 6.67. The number of imidazole rings is 1. The lowest BCUT2D eigenvalue weighted by molar-refractivity contribution is -0.388. The molecule has 2 rings (SSSR count). The Morgan fingerprint density at radius 2 is 2.04 bits per heavy atom. The van der Waals surface area contributed by atoms with Crippen LogP contribution < -0.4 is 10.2 Å². The van der Waals surface area contributed by atoms with E-state index in [-0.39, 0.29) is 11.9 Å². The summed E-state index contributed by atoms with van der Waals surface area (Å²) in [6.45, 7) is 6.67. The maximum absolute atomic E-state index is 11.8. The third-order valence-electron chi connectivity index (χ3n) is 3.58. The number of aryl methyl sites for hydroxylation is 1. The maximum atomic E-state index is 11.8. The van der Waals surface area contributed by atoms with E-state index < -0.39 is 16.6 Å². The third-order valence-corrected chi connectivity index (χ3v) is 3.58. The number of rotatable bonds is 3. The lowest BCUT2D eigenvalue weighted by Crippen LogP contribution is -2.46. The number of hydrogen-bond donors (Lipinski definition) is 1. The Morgan fingerprint density at radius 1 is 1.43 bits per heavy atom. The van der Waals surface area contributed by atoms with E-state index in [1.165, 1.54) is 6.33 Å². The van der Waals surface area contributed by atoms with E-state index >= 15 is 0 Å². The molecule has 1 aromatic heterocycles. The molecule has 23 heavy (non-hydrogen) atoms. The Bertz CT molecular complexity index is 584. The lowest BCUT2D eigenvalue weighted by atomic mass is 10.1. The lowest BCUT2D eigenvalue weighted by Gasteiger charge is -2.33. The number of alkyl carbamates (subject to hydrolysis) is 1. The van der Waals surface area contributed by atoms with Crippen molar-refractivity contribution in [3.05, 3.63) is 16.4 Å². The van der Waals surface area contributed by atoms with Crippen LogP contribution in [0.15, 0.2) is 6.33 Å². The molecule has 1 aliphatic heterocycles. The van der Waals surface area contributed by atoms with Crippen LogP contribution in [0, 0.1) is 10.1 Å². The Labute approximate surface area is 134 Å². The van der Waals surface area contributed by atoms with E-state index in [0.29, 0.717) is 31.7 Å². The first-order valence-electron chi connectivity index (χ1n) is 7.57. The van der Waals surface area contributed by atoms with Gasteiger partial charge in [-0.2, -0.15) is 0 Å². The number of piperidine rings is 1. The molecule has 1 saturated heterocycles. The van der Waals surface area contributed by atoms with Crippen molar-refractivity contribution in [2.45, 2.75) is 45.3 Å². The molecule has 0 aromatic carbocycles. The van der Waals surface area contributed by atoms with E-state index in [4.69, 9.17) is 4.74 Å². The third kappa shape index (κ3) is 4.33. The fourth-order valence-electron chi connectivity index (χ4n) is 2.61. The van der Waals surface area contributed by atoms with Crippen LogP contribution in [0.25, 0.3) is 0 Å². The summed E-state index contributed by atoms with van der Waals surface area (Å²) < 4.78 is 6.89. The number of hydrogen-bond acceptors (Lipinski definition) is 6. The molecule has 0 unspecified atom stereocenters. The van der Waals surface area contributed by atoms with E-state index in [2.05, 4.69) is 10.3 Å². The molecule has 0 spiro atoms. The molecule has 9 nitrogen and oxygen atoms in total. The molecule has 2 heterocycles. The Hall–Kier alpha value is -2.32. The van der Waals surface area contributed by atoms with Crippen LogP contribution in [0.1, 0.15) is 33.6 Å². The molecule has 1 aromatic rings. The van der Waals surface area contributed by atoms with Crippen LogP contribution in [-0.4, -0.2) is 45.3 Å². The van der Waals surface area contributed by atoms with E-state index in [0.717, 1.165) is 0 Å². The van der Waals surface area contributed by atoms with Gasteiger partial charge in [-0.1, -0.05) is 0 Å². The van der Waals surface area contributed by atoms with Gasteiger partial charge >= 0.3 is 11.9 Å². The Kier molecular flexibility index (Phi) is 4.76. The van der Waals surface area contributed by atoms with Crippen molar-refractivity contribution in [1.82, 2.24) is 14.9 Å². The summed E-state index contributed by atoms with van der Waals surface area (Å²) in [5.74, 6) is 0.372. The fraction of sp³-hybridized carbons (Fsp3) is 0.714. The minimum atomic E-state index is -0.528. The molecule has 1 N–H and O–H groups in total. The Balaban J connectivity index is 1.93. The SMILES string of the molecule is Cn1cnc([N+](=O)[O-])c1N1CCC(NC(=O)OC(C)(C)C)CC1. The van der Waals surface area contributed by atoms with Gasteiger partial charge in [0.2, 0.25) is 12.1 Å². The first-order chi connectivity index (χ1) is 10.7. The largest absolute Gasteiger partial charge is 0.444 e. The quantitative estimate of drug-likeness (QED) is 0.672. The number of amides is 1. The van der Waals surface area contributed by atoms with Crippen LogP contribution in [0.2, 0.25) is 0 Å². The summed E-state index contributed by atoms with van der Waals surface area (Å²) in [6.07, 6.45) is 2.41. The number of anilines is 1. The van der Waals surface area contributed by atoms with Crippen molar-refractivity contribution in [3.63, 3.8) is 0 Å². The average Bonchev–Trinajstić information content (AvgIpc) is 2.79. The van der Waals surface area contributed by atoms with Crippen molar-refractivity contribution >= 4 is 17.7 Å². The summed E-state index contributed by atoms with van der Waals surface area (Å²) in [7, 11) is 1.74. The molecular formula is C14H23N5O4. The average molecular weight is 325 g/mol. The number of nitrogens with zero attached hydrogens (tertiary/aromatic N) is 4. The zero-order valence-corrected chi connectivity index (χ0v) is 13.9. The second kappa shape index (κ2) is 6.43. The van der Waals surface area contributed by atoms with Crippen molar-refractivity contribution in [2.75, 3.05) is 18.0 Å². The summed E-state index contributed by atoms with van der Waals surface area (Å²) >= 11 is 0. The topological polar surface area (TPSA) is 103 Å². The Morgan fingerprint density at radius 3 is 2.57 bits per heavy atom. The van der Waals surface area contributed by atoms with Gasteiger partial charge in [0, 0.05) is 26.2 Å². The zero-order valence-electron chi connectivity index (χ0n) is 13.9. The molecule has 128 valence electrons. The molecule has 0 atom stereocenters. The number of carbonyl (C=O) groups excluding carboxylic acids is 1. The highest BCUT2D eigenvalue weighted by Gasteiger charge is 2.30. The summed E-state index contributed by atoms with van der Waals surface area (Å²) in [5, 5.41) is 13.9. The molecule has 1 amide bonds. The smallest absolute Gasteiger partial charge is 0.407 e. The van der Waals surface area contributed by atoms with E-state index in [9.17, 15) is 14.9 Å². The van der Waals surface area contributed by atoms with Crippen LogP contribution in [0.4, 0.5) is 16.4 Å². The number of aromatic nitrogens is 2. The van der Waals surface area contributed by atoms with Crippen molar-refractivity contribution < 1.29 is 14.5 Å². The van der Waals surface area contributed by atoms with Gasteiger partial charge in [-0.05, 0) is 43.5 Å². The summed E-state index contributed by atoms with van der Waals surface area (Å²) in [6, 6.07) is 0.00776. The van der Waals surface area contributed by atoms with Gasteiger partial charge < -0.3 is 25.1 Å². The van der Waals surface area contributed by atoms with Crippen LogP contribution in [-0.2, 0) is 11.8 Å². The number of nitrogens with one attached hydrogen (secondary N) is 1. The maximum Gasteiger partial charge on any atom is 0.407 e. The molecule has 1 aliphatic rings. The van der Waals surface area contributed by atoms with Gasteiger partial charge in [0.15, 0.2) is 0 Å². The van der Waals surface area contributed by atoms with Crippen molar-refractivity contribution in [3.8, 4) is 0 Å².